The predicted molar refractivity (Wildman–Crippen MR) is 70.3 cm³/mol. The van der Waals surface area contributed by atoms with Crippen molar-refractivity contribution in [2.75, 3.05) is 6.54 Å². The van der Waals surface area contributed by atoms with E-state index in [-0.39, 0.29) is 27.9 Å². The number of halogens is 1. The van der Waals surface area contributed by atoms with Crippen LogP contribution >= 0.6 is 11.6 Å². The Kier molecular flexibility index (Phi) is 3.45. The van der Waals surface area contributed by atoms with Crippen LogP contribution in [0.1, 0.15) is 37.0 Å². The Morgan fingerprint density at radius 3 is 2.79 bits per heavy atom. The molecule has 102 valence electrons. The van der Waals surface area contributed by atoms with Crippen LogP contribution in [0.5, 0.6) is 0 Å². The molecule has 0 radical (unpaired) electrons. The highest BCUT2D eigenvalue weighted by Crippen LogP contribution is 2.31. The highest BCUT2D eigenvalue weighted by atomic mass is 35.5. The molecule has 0 aliphatic carbocycles. The van der Waals surface area contributed by atoms with Crippen LogP contribution in [-0.2, 0) is 0 Å². The van der Waals surface area contributed by atoms with Crippen molar-refractivity contribution < 1.29 is 9.72 Å². The molecule has 1 aromatic heterocycles. The van der Waals surface area contributed by atoms with Gasteiger partial charge in [0.15, 0.2) is 0 Å². The summed E-state index contributed by atoms with van der Waals surface area (Å²) in [6, 6.07) is 1.19. The van der Waals surface area contributed by atoms with Gasteiger partial charge in [0.2, 0.25) is 0 Å². The minimum atomic E-state index is -0.588. The number of rotatable bonds is 2. The zero-order valence-electron chi connectivity index (χ0n) is 10.7. The molecule has 1 aromatic rings. The summed E-state index contributed by atoms with van der Waals surface area (Å²) >= 11 is 5.89. The van der Waals surface area contributed by atoms with Crippen LogP contribution in [-0.4, -0.2) is 32.8 Å². The molecule has 1 amide bonds. The minimum Gasteiger partial charge on any atom is -0.333 e. The molecule has 0 atom stereocenters. The lowest BCUT2D eigenvalue weighted by molar-refractivity contribution is -0.385. The quantitative estimate of drug-likeness (QED) is 0.475. The van der Waals surface area contributed by atoms with E-state index in [4.69, 9.17) is 11.6 Å². The van der Waals surface area contributed by atoms with E-state index in [0.29, 0.717) is 6.54 Å². The fourth-order valence-corrected chi connectivity index (χ4v) is 2.50. The Labute approximate surface area is 115 Å². The molecule has 6 nitrogen and oxygen atoms in total. The van der Waals surface area contributed by atoms with Crippen molar-refractivity contribution >= 4 is 23.2 Å². The van der Waals surface area contributed by atoms with Crippen LogP contribution in [0.15, 0.2) is 12.3 Å². The van der Waals surface area contributed by atoms with E-state index in [1.165, 1.54) is 6.07 Å². The van der Waals surface area contributed by atoms with E-state index in [2.05, 4.69) is 4.98 Å². The number of carbonyl (C=O) groups is 1. The molecule has 2 heterocycles. The second-order valence-electron chi connectivity index (χ2n) is 5.16. The van der Waals surface area contributed by atoms with Gasteiger partial charge in [-0.25, -0.2) is 4.98 Å². The average molecular weight is 284 g/mol. The largest absolute Gasteiger partial charge is 0.333 e. The van der Waals surface area contributed by atoms with Gasteiger partial charge in [0.05, 0.1) is 10.5 Å². The summed E-state index contributed by atoms with van der Waals surface area (Å²) in [6.07, 6.45) is 2.87. The van der Waals surface area contributed by atoms with Gasteiger partial charge in [-0.3, -0.25) is 14.9 Å². The zero-order chi connectivity index (χ0) is 14.2. The van der Waals surface area contributed by atoms with Crippen molar-refractivity contribution in [3.05, 3.63) is 33.1 Å². The lowest BCUT2D eigenvalue weighted by Gasteiger charge is -2.31. The number of carbonyl (C=O) groups excluding carboxylic acids is 1. The van der Waals surface area contributed by atoms with Crippen LogP contribution in [0.2, 0.25) is 5.15 Å². The van der Waals surface area contributed by atoms with Crippen molar-refractivity contribution in [3.8, 4) is 0 Å². The third-order valence-corrected chi connectivity index (χ3v) is 3.71. The molecule has 1 aliphatic heterocycles. The number of amides is 1. The molecule has 0 aromatic carbocycles. The van der Waals surface area contributed by atoms with Crippen molar-refractivity contribution in [1.29, 1.82) is 0 Å². The summed E-state index contributed by atoms with van der Waals surface area (Å²) in [6.45, 7) is 4.57. The molecular formula is C12H14ClN3O3. The molecule has 19 heavy (non-hydrogen) atoms. The first-order valence-electron chi connectivity index (χ1n) is 5.95. The van der Waals surface area contributed by atoms with Crippen LogP contribution < -0.4 is 0 Å². The van der Waals surface area contributed by atoms with Gasteiger partial charge >= 0.3 is 0 Å². The van der Waals surface area contributed by atoms with Gasteiger partial charge in [-0.2, -0.15) is 0 Å². The number of nitro groups is 1. The fourth-order valence-electron chi connectivity index (χ4n) is 2.32. The maximum atomic E-state index is 12.4. The highest BCUT2D eigenvalue weighted by Gasteiger charge is 2.37. The predicted octanol–water partition coefficient (Wildman–Crippen LogP) is 2.66. The van der Waals surface area contributed by atoms with Crippen molar-refractivity contribution in [3.63, 3.8) is 0 Å². The summed E-state index contributed by atoms with van der Waals surface area (Å²) in [5, 5.41) is 10.7. The van der Waals surface area contributed by atoms with Gasteiger partial charge in [-0.15, -0.1) is 0 Å². The number of hydrogen-bond acceptors (Lipinski definition) is 4. The van der Waals surface area contributed by atoms with Crippen molar-refractivity contribution in [2.24, 2.45) is 0 Å². The standard InChI is InChI=1S/C12H14ClN3O3/c1-12(2)4-3-5-15(12)11(17)9-6-8(16(18)19)7-14-10(9)13/h6-7H,3-5H2,1-2H3. The number of likely N-dealkylation sites (tertiary alicyclic amines) is 1. The minimum absolute atomic E-state index is 0.00157. The molecule has 0 bridgehead atoms. The van der Waals surface area contributed by atoms with Gasteiger partial charge in [0.25, 0.3) is 11.6 Å². The molecule has 0 saturated carbocycles. The number of pyridine rings is 1. The van der Waals surface area contributed by atoms with Gasteiger partial charge in [-0.1, -0.05) is 11.6 Å². The molecule has 0 unspecified atom stereocenters. The van der Waals surface area contributed by atoms with Crippen LogP contribution in [0.25, 0.3) is 0 Å². The summed E-state index contributed by atoms with van der Waals surface area (Å²) < 4.78 is 0. The molecule has 1 fully saturated rings. The first-order chi connectivity index (χ1) is 8.83. The van der Waals surface area contributed by atoms with Gasteiger partial charge in [0, 0.05) is 18.2 Å². The van der Waals surface area contributed by atoms with E-state index in [0.717, 1.165) is 19.0 Å². The SMILES string of the molecule is CC1(C)CCCN1C(=O)c1cc([N+](=O)[O-])cnc1Cl. The van der Waals surface area contributed by atoms with E-state index >= 15 is 0 Å². The third-order valence-electron chi connectivity index (χ3n) is 3.41. The number of hydrogen-bond donors (Lipinski definition) is 0. The fraction of sp³-hybridized carbons (Fsp3) is 0.500. The highest BCUT2D eigenvalue weighted by molar-refractivity contribution is 6.32. The first kappa shape index (κ1) is 13.7. The van der Waals surface area contributed by atoms with Crippen molar-refractivity contribution in [1.82, 2.24) is 9.88 Å². The summed E-state index contributed by atoms with van der Waals surface area (Å²) in [4.78, 5) is 28.0. The number of aromatic nitrogens is 1. The Balaban J connectivity index is 2.38. The Morgan fingerprint density at radius 1 is 1.58 bits per heavy atom. The van der Waals surface area contributed by atoms with Crippen LogP contribution in [0, 0.1) is 10.1 Å². The Hall–Kier alpha value is -1.69. The molecule has 1 aliphatic rings. The lowest BCUT2D eigenvalue weighted by atomic mass is 10.0. The van der Waals surface area contributed by atoms with Gasteiger partial charge < -0.3 is 4.90 Å². The van der Waals surface area contributed by atoms with E-state index in [1.54, 1.807) is 4.90 Å². The topological polar surface area (TPSA) is 76.3 Å². The molecule has 1 saturated heterocycles. The Bertz CT molecular complexity index is 545. The average Bonchev–Trinajstić information content (AvgIpc) is 2.68. The second-order valence-corrected chi connectivity index (χ2v) is 5.52. The first-order valence-corrected chi connectivity index (χ1v) is 6.32. The molecule has 7 heteroatoms. The van der Waals surface area contributed by atoms with E-state index < -0.39 is 4.92 Å². The molecular weight excluding hydrogens is 270 g/mol. The smallest absolute Gasteiger partial charge is 0.288 e. The zero-order valence-corrected chi connectivity index (χ0v) is 11.5. The molecule has 0 spiro atoms. The van der Waals surface area contributed by atoms with E-state index in [9.17, 15) is 14.9 Å². The lowest BCUT2D eigenvalue weighted by Crippen LogP contribution is -2.42. The summed E-state index contributed by atoms with van der Waals surface area (Å²) in [5.74, 6) is -0.302. The second kappa shape index (κ2) is 4.77. The van der Waals surface area contributed by atoms with Gasteiger partial charge in [0.1, 0.15) is 11.3 Å². The van der Waals surface area contributed by atoms with Crippen molar-refractivity contribution in [2.45, 2.75) is 32.2 Å². The molecule has 2 rings (SSSR count). The maximum Gasteiger partial charge on any atom is 0.288 e. The third kappa shape index (κ3) is 2.53. The van der Waals surface area contributed by atoms with E-state index in [1.807, 2.05) is 13.8 Å². The maximum absolute atomic E-state index is 12.4. The van der Waals surface area contributed by atoms with Crippen LogP contribution in [0.3, 0.4) is 0 Å². The van der Waals surface area contributed by atoms with Gasteiger partial charge in [-0.05, 0) is 26.7 Å². The summed E-state index contributed by atoms with van der Waals surface area (Å²) in [5.41, 5.74) is -0.402. The summed E-state index contributed by atoms with van der Waals surface area (Å²) in [7, 11) is 0. The monoisotopic (exact) mass is 283 g/mol. The number of nitrogens with zero attached hydrogens (tertiary/aromatic N) is 3. The van der Waals surface area contributed by atoms with Crippen LogP contribution in [0.4, 0.5) is 5.69 Å². The molecule has 0 N–H and O–H groups in total. The normalized spacial score (nSPS) is 17.5. The Morgan fingerprint density at radius 2 is 2.26 bits per heavy atom.